The fourth-order valence-corrected chi connectivity index (χ4v) is 3.53. The summed E-state index contributed by atoms with van der Waals surface area (Å²) in [6.45, 7) is 2.35. The second kappa shape index (κ2) is 9.97. The van der Waals surface area contributed by atoms with Crippen LogP contribution in [-0.4, -0.2) is 33.1 Å². The van der Waals surface area contributed by atoms with Gasteiger partial charge in [-0.3, -0.25) is 0 Å². The molecule has 3 aromatic rings. The molecule has 152 valence electrons. The molecule has 0 unspecified atom stereocenters. The molecule has 0 N–H and O–H groups in total. The molecule has 0 saturated carbocycles. The van der Waals surface area contributed by atoms with E-state index in [1.54, 1.807) is 14.0 Å². The van der Waals surface area contributed by atoms with Crippen LogP contribution in [0.25, 0.3) is 0 Å². The molecule has 1 atom stereocenters. The fourth-order valence-electron chi connectivity index (χ4n) is 2.71. The second-order valence-corrected chi connectivity index (χ2v) is 7.61. The van der Waals surface area contributed by atoms with E-state index in [-0.39, 0.29) is 6.61 Å². The monoisotopic (exact) mass is 412 g/mol. The van der Waals surface area contributed by atoms with Crippen LogP contribution in [0, 0.1) is 0 Å². The van der Waals surface area contributed by atoms with Gasteiger partial charge >= 0.3 is 0 Å². The number of aliphatic carboxylic acids is 1. The highest BCUT2D eigenvalue weighted by atomic mass is 32.2. The Morgan fingerprint density at radius 3 is 2.48 bits per heavy atom. The number of hydrogen-bond donors (Lipinski definition) is 0. The van der Waals surface area contributed by atoms with Crippen molar-refractivity contribution >= 4 is 17.7 Å². The number of para-hydroxylation sites is 2. The maximum atomic E-state index is 11.2. The van der Waals surface area contributed by atoms with Crippen LogP contribution >= 0.6 is 11.8 Å². The lowest BCUT2D eigenvalue weighted by Crippen LogP contribution is -2.31. The molecule has 0 bridgehead atoms. The normalized spacial score (nSPS) is 11.8. The van der Waals surface area contributed by atoms with Crippen molar-refractivity contribution < 1.29 is 19.4 Å². The molecular weight excluding hydrogens is 390 g/mol. The Bertz CT molecular complexity index is 946. The molecule has 0 aliphatic heterocycles. The van der Waals surface area contributed by atoms with Crippen LogP contribution in [0.2, 0.25) is 0 Å². The lowest BCUT2D eigenvalue weighted by molar-refractivity contribution is -0.304. The number of carbonyl (C=O) groups excluding carboxylic acids is 1. The molecule has 3 rings (SSSR count). The summed E-state index contributed by atoms with van der Waals surface area (Å²) in [5.41, 5.74) is 1.17. The first-order chi connectivity index (χ1) is 14.1. The maximum absolute atomic E-state index is 11.2. The highest BCUT2D eigenvalue weighted by Crippen LogP contribution is 2.27. The minimum atomic E-state index is -1.14. The number of aromatic nitrogens is 3. The summed E-state index contributed by atoms with van der Waals surface area (Å²) in [6, 6.07) is 17.4. The Morgan fingerprint density at radius 1 is 1.10 bits per heavy atom. The molecule has 8 heteroatoms. The van der Waals surface area contributed by atoms with Crippen LogP contribution in [0.15, 0.2) is 59.8 Å². The summed E-state index contributed by atoms with van der Waals surface area (Å²) in [5, 5.41) is 19.3. The standard InChI is InChI=1S/C21H23N3O4S/c1-15(20(25)26)29-21-23-22-19(14-28-18-11-7-6-10-17(18)27-2)24(21)13-12-16-8-4-3-5-9-16/h3-11,15H,12-14H2,1-2H3,(H,25,26)/p-1/t15-/m1/s1. The van der Waals surface area contributed by atoms with Crippen molar-refractivity contribution in [3.63, 3.8) is 0 Å². The highest BCUT2D eigenvalue weighted by Gasteiger charge is 2.17. The number of aryl methyl sites for hydroxylation is 1. The van der Waals surface area contributed by atoms with Gasteiger partial charge in [-0.15, -0.1) is 10.2 Å². The van der Waals surface area contributed by atoms with Crippen LogP contribution in [0.1, 0.15) is 18.3 Å². The third-order valence-corrected chi connectivity index (χ3v) is 5.36. The van der Waals surface area contributed by atoms with E-state index in [0.29, 0.717) is 29.0 Å². The average molecular weight is 412 g/mol. The first-order valence-electron chi connectivity index (χ1n) is 9.18. The van der Waals surface area contributed by atoms with Gasteiger partial charge in [-0.1, -0.05) is 54.2 Å². The highest BCUT2D eigenvalue weighted by molar-refractivity contribution is 8.00. The smallest absolute Gasteiger partial charge is 0.191 e. The molecule has 7 nitrogen and oxygen atoms in total. The Kier molecular flexibility index (Phi) is 7.13. The number of benzene rings is 2. The minimum absolute atomic E-state index is 0.183. The van der Waals surface area contributed by atoms with E-state index >= 15 is 0 Å². The molecule has 0 amide bonds. The van der Waals surface area contributed by atoms with Crippen molar-refractivity contribution in [1.29, 1.82) is 0 Å². The third-order valence-electron chi connectivity index (χ3n) is 4.30. The largest absolute Gasteiger partial charge is 0.549 e. The summed E-state index contributed by atoms with van der Waals surface area (Å²) >= 11 is 1.11. The summed E-state index contributed by atoms with van der Waals surface area (Å²) in [5.74, 6) is 0.701. The lowest BCUT2D eigenvalue weighted by atomic mass is 10.1. The van der Waals surface area contributed by atoms with E-state index in [0.717, 1.165) is 18.2 Å². The van der Waals surface area contributed by atoms with E-state index in [9.17, 15) is 9.90 Å². The number of hydrogen-bond acceptors (Lipinski definition) is 7. The van der Waals surface area contributed by atoms with E-state index in [2.05, 4.69) is 10.2 Å². The van der Waals surface area contributed by atoms with Gasteiger partial charge in [0.2, 0.25) is 0 Å². The molecule has 0 radical (unpaired) electrons. The molecule has 0 aliphatic carbocycles. The van der Waals surface area contributed by atoms with E-state index in [4.69, 9.17) is 9.47 Å². The molecule has 1 heterocycles. The predicted octanol–water partition coefficient (Wildman–Crippen LogP) is 2.34. The minimum Gasteiger partial charge on any atom is -0.549 e. The van der Waals surface area contributed by atoms with Gasteiger partial charge in [0.15, 0.2) is 22.5 Å². The number of ether oxygens (including phenoxy) is 2. The number of carbonyl (C=O) groups is 1. The number of rotatable bonds is 10. The van der Waals surface area contributed by atoms with E-state index < -0.39 is 11.2 Å². The van der Waals surface area contributed by atoms with Gasteiger partial charge in [0.05, 0.1) is 13.1 Å². The van der Waals surface area contributed by atoms with Crippen molar-refractivity contribution in [1.82, 2.24) is 14.8 Å². The van der Waals surface area contributed by atoms with Crippen molar-refractivity contribution in [2.75, 3.05) is 7.11 Å². The molecule has 0 aliphatic rings. The first-order valence-corrected chi connectivity index (χ1v) is 10.1. The number of carboxylic acid groups (broad SMARTS) is 1. The van der Waals surface area contributed by atoms with Gasteiger partial charge in [0, 0.05) is 11.8 Å². The molecule has 1 aromatic heterocycles. The number of carboxylic acids is 1. The quantitative estimate of drug-likeness (QED) is 0.472. The first kappa shape index (κ1) is 20.7. The zero-order valence-electron chi connectivity index (χ0n) is 16.3. The summed E-state index contributed by atoms with van der Waals surface area (Å²) in [7, 11) is 1.58. The summed E-state index contributed by atoms with van der Waals surface area (Å²) < 4.78 is 13.1. The van der Waals surface area contributed by atoms with Crippen LogP contribution in [-0.2, 0) is 24.4 Å². The van der Waals surface area contributed by atoms with Gasteiger partial charge < -0.3 is 23.9 Å². The van der Waals surface area contributed by atoms with E-state index in [1.165, 1.54) is 5.56 Å². The molecular formula is C21H22N3O4S-. The topological polar surface area (TPSA) is 89.3 Å². The molecule has 0 fully saturated rings. The lowest BCUT2D eigenvalue weighted by Gasteiger charge is -2.15. The average Bonchev–Trinajstić information content (AvgIpc) is 3.12. The molecule has 0 saturated heterocycles. The molecule has 2 aromatic carbocycles. The Morgan fingerprint density at radius 2 is 1.79 bits per heavy atom. The zero-order valence-corrected chi connectivity index (χ0v) is 17.1. The van der Waals surface area contributed by atoms with Crippen LogP contribution < -0.4 is 14.6 Å². The van der Waals surface area contributed by atoms with Gasteiger partial charge in [-0.2, -0.15) is 0 Å². The van der Waals surface area contributed by atoms with Crippen molar-refractivity contribution in [3.05, 3.63) is 66.0 Å². The SMILES string of the molecule is COc1ccccc1OCc1nnc(S[C@H](C)C(=O)[O-])n1CCc1ccccc1. The molecule has 29 heavy (non-hydrogen) atoms. The van der Waals surface area contributed by atoms with E-state index in [1.807, 2.05) is 59.2 Å². The summed E-state index contributed by atoms with van der Waals surface area (Å²) in [4.78, 5) is 11.2. The van der Waals surface area contributed by atoms with Crippen LogP contribution in [0.5, 0.6) is 11.5 Å². The van der Waals surface area contributed by atoms with Crippen LogP contribution in [0.4, 0.5) is 0 Å². The second-order valence-electron chi connectivity index (χ2n) is 6.30. The van der Waals surface area contributed by atoms with Gasteiger partial charge in [0.25, 0.3) is 0 Å². The van der Waals surface area contributed by atoms with Crippen molar-refractivity contribution in [3.8, 4) is 11.5 Å². The maximum Gasteiger partial charge on any atom is 0.191 e. The zero-order chi connectivity index (χ0) is 20.6. The van der Waals surface area contributed by atoms with Gasteiger partial charge in [-0.05, 0) is 31.0 Å². The van der Waals surface area contributed by atoms with Crippen LogP contribution in [0.3, 0.4) is 0 Å². The predicted molar refractivity (Wildman–Crippen MR) is 108 cm³/mol. The van der Waals surface area contributed by atoms with Gasteiger partial charge in [-0.25, -0.2) is 0 Å². The van der Waals surface area contributed by atoms with Crippen molar-refractivity contribution in [2.45, 2.75) is 36.9 Å². The van der Waals surface area contributed by atoms with Crippen molar-refractivity contribution in [2.24, 2.45) is 0 Å². The number of methoxy groups -OCH3 is 1. The summed E-state index contributed by atoms with van der Waals surface area (Å²) in [6.07, 6.45) is 0.758. The Balaban J connectivity index is 1.79. The van der Waals surface area contributed by atoms with Gasteiger partial charge in [0.1, 0.15) is 6.61 Å². The number of thioether (sulfide) groups is 1. The Hall–Kier alpha value is -3.00. The fraction of sp³-hybridized carbons (Fsp3) is 0.286. The molecule has 0 spiro atoms. The third kappa shape index (κ3) is 5.51. The Labute approximate surface area is 173 Å². The number of nitrogens with zero attached hydrogens (tertiary/aromatic N) is 3.